The van der Waals surface area contributed by atoms with Crippen molar-refractivity contribution in [2.75, 3.05) is 0 Å². The van der Waals surface area contributed by atoms with Crippen molar-refractivity contribution in [2.45, 2.75) is 32.9 Å². The van der Waals surface area contributed by atoms with E-state index in [-0.39, 0.29) is 6.61 Å². The van der Waals surface area contributed by atoms with Gasteiger partial charge >= 0.3 is 0 Å². The molecule has 0 spiro atoms. The minimum Gasteiger partial charge on any atom is -0.391 e. The molecule has 102 valence electrons. The number of aryl methyl sites for hydroxylation is 1. The van der Waals surface area contributed by atoms with Gasteiger partial charge in [0, 0.05) is 10.0 Å². The number of nitrogens with zero attached hydrogens (tertiary/aromatic N) is 2. The molecule has 19 heavy (non-hydrogen) atoms. The molecule has 1 N–H and O–H groups in total. The average molecular weight is 344 g/mol. The van der Waals surface area contributed by atoms with Crippen LogP contribution in [0.5, 0.6) is 0 Å². The van der Waals surface area contributed by atoms with E-state index in [1.807, 2.05) is 24.3 Å². The number of benzene rings is 1. The Hall–Kier alpha value is -0.840. The SMILES string of the molecule is CCCc1nn(Cc2cccc(Br)c2)c(Cl)c1CO. The van der Waals surface area contributed by atoms with Crippen LogP contribution < -0.4 is 0 Å². The molecule has 0 saturated carbocycles. The number of hydrogen-bond acceptors (Lipinski definition) is 2. The summed E-state index contributed by atoms with van der Waals surface area (Å²) in [5.74, 6) is 0. The highest BCUT2D eigenvalue weighted by atomic mass is 79.9. The summed E-state index contributed by atoms with van der Waals surface area (Å²) in [7, 11) is 0. The van der Waals surface area contributed by atoms with E-state index >= 15 is 0 Å². The number of hydrogen-bond donors (Lipinski definition) is 1. The van der Waals surface area contributed by atoms with Gasteiger partial charge in [-0.05, 0) is 24.1 Å². The van der Waals surface area contributed by atoms with Crippen molar-refractivity contribution in [3.8, 4) is 0 Å². The smallest absolute Gasteiger partial charge is 0.133 e. The Morgan fingerprint density at radius 2 is 2.21 bits per heavy atom. The lowest BCUT2D eigenvalue weighted by Gasteiger charge is -2.04. The third kappa shape index (κ3) is 3.38. The summed E-state index contributed by atoms with van der Waals surface area (Å²) in [5.41, 5.74) is 2.76. The van der Waals surface area contributed by atoms with Crippen LogP contribution in [0.3, 0.4) is 0 Å². The van der Waals surface area contributed by atoms with E-state index in [4.69, 9.17) is 11.6 Å². The standard InChI is InChI=1S/C14H16BrClN2O/c1-2-4-13-12(9-19)14(16)18(17-13)8-10-5-3-6-11(15)7-10/h3,5-7,19H,2,4,8-9H2,1H3. The van der Waals surface area contributed by atoms with Crippen molar-refractivity contribution >= 4 is 27.5 Å². The molecular formula is C14H16BrClN2O. The summed E-state index contributed by atoms with van der Waals surface area (Å²) in [6, 6.07) is 8.03. The topological polar surface area (TPSA) is 38.0 Å². The van der Waals surface area contributed by atoms with Crippen molar-refractivity contribution in [1.29, 1.82) is 0 Å². The summed E-state index contributed by atoms with van der Waals surface area (Å²) in [6.45, 7) is 2.63. The number of halogens is 2. The minimum atomic E-state index is -0.0628. The number of rotatable bonds is 5. The minimum absolute atomic E-state index is 0.0628. The van der Waals surface area contributed by atoms with Crippen LogP contribution in [0.2, 0.25) is 5.15 Å². The van der Waals surface area contributed by atoms with Crippen LogP contribution in [0.1, 0.15) is 30.2 Å². The summed E-state index contributed by atoms with van der Waals surface area (Å²) < 4.78 is 2.78. The third-order valence-electron chi connectivity index (χ3n) is 2.93. The molecule has 1 aromatic carbocycles. The summed E-state index contributed by atoms with van der Waals surface area (Å²) >= 11 is 9.73. The second kappa shape index (κ2) is 6.55. The fraction of sp³-hybridized carbons (Fsp3) is 0.357. The molecule has 1 heterocycles. The van der Waals surface area contributed by atoms with Gasteiger partial charge in [0.25, 0.3) is 0 Å². The highest BCUT2D eigenvalue weighted by Gasteiger charge is 2.15. The fourth-order valence-electron chi connectivity index (χ4n) is 2.03. The Kier molecular flexibility index (Phi) is 5.02. The van der Waals surface area contributed by atoms with Crippen LogP contribution in [0, 0.1) is 0 Å². The largest absolute Gasteiger partial charge is 0.391 e. The Bertz CT molecular complexity index is 569. The van der Waals surface area contributed by atoms with Gasteiger partial charge in [-0.2, -0.15) is 5.10 Å². The average Bonchev–Trinajstić information content (AvgIpc) is 2.66. The second-order valence-electron chi connectivity index (χ2n) is 4.41. The summed E-state index contributed by atoms with van der Waals surface area (Å²) in [5, 5.41) is 14.4. The lowest BCUT2D eigenvalue weighted by molar-refractivity contribution is 0.280. The quantitative estimate of drug-likeness (QED) is 0.897. The molecule has 2 aromatic rings. The molecule has 0 amide bonds. The highest BCUT2D eigenvalue weighted by Crippen LogP contribution is 2.23. The molecule has 0 atom stereocenters. The van der Waals surface area contributed by atoms with Gasteiger partial charge in [0.05, 0.1) is 18.8 Å². The van der Waals surface area contributed by atoms with E-state index in [0.717, 1.165) is 34.1 Å². The Morgan fingerprint density at radius 3 is 2.84 bits per heavy atom. The first kappa shape index (κ1) is 14.6. The predicted molar refractivity (Wildman–Crippen MR) is 80.4 cm³/mol. The molecule has 0 radical (unpaired) electrons. The molecule has 0 saturated heterocycles. The van der Waals surface area contributed by atoms with Gasteiger partial charge < -0.3 is 5.11 Å². The monoisotopic (exact) mass is 342 g/mol. The molecule has 0 fully saturated rings. The molecule has 0 unspecified atom stereocenters. The maximum Gasteiger partial charge on any atom is 0.133 e. The molecule has 0 bridgehead atoms. The van der Waals surface area contributed by atoms with Crippen molar-refractivity contribution in [3.05, 3.63) is 50.7 Å². The Balaban J connectivity index is 2.30. The first-order chi connectivity index (χ1) is 9.15. The van der Waals surface area contributed by atoms with Gasteiger partial charge in [0.2, 0.25) is 0 Å². The van der Waals surface area contributed by atoms with Crippen LogP contribution in [-0.2, 0) is 19.6 Å². The highest BCUT2D eigenvalue weighted by molar-refractivity contribution is 9.10. The third-order valence-corrected chi connectivity index (χ3v) is 3.85. The molecule has 5 heteroatoms. The first-order valence-electron chi connectivity index (χ1n) is 6.25. The maximum atomic E-state index is 9.40. The molecule has 2 rings (SSSR count). The van der Waals surface area contributed by atoms with Gasteiger partial charge in [-0.15, -0.1) is 0 Å². The van der Waals surface area contributed by atoms with Gasteiger partial charge in [0.15, 0.2) is 0 Å². The summed E-state index contributed by atoms with van der Waals surface area (Å²) in [4.78, 5) is 0. The van der Waals surface area contributed by atoms with Crippen LogP contribution in [0.25, 0.3) is 0 Å². The van der Waals surface area contributed by atoms with Crippen LogP contribution in [0.15, 0.2) is 28.7 Å². The molecule has 0 aliphatic carbocycles. The zero-order valence-corrected chi connectivity index (χ0v) is 13.1. The number of aliphatic hydroxyl groups excluding tert-OH is 1. The Labute approximate surface area is 126 Å². The Morgan fingerprint density at radius 1 is 1.42 bits per heavy atom. The van der Waals surface area contributed by atoms with Crippen molar-refractivity contribution in [2.24, 2.45) is 0 Å². The lowest BCUT2D eigenvalue weighted by atomic mass is 10.2. The zero-order chi connectivity index (χ0) is 13.8. The molecule has 0 aliphatic rings. The fourth-order valence-corrected chi connectivity index (χ4v) is 2.75. The lowest BCUT2D eigenvalue weighted by Crippen LogP contribution is -2.02. The normalized spacial score (nSPS) is 10.9. The van der Waals surface area contributed by atoms with Gasteiger partial charge in [-0.25, -0.2) is 4.68 Å². The summed E-state index contributed by atoms with van der Waals surface area (Å²) in [6.07, 6.45) is 1.82. The van der Waals surface area contributed by atoms with Gasteiger partial charge in [-0.1, -0.05) is 53.0 Å². The van der Waals surface area contributed by atoms with E-state index in [9.17, 15) is 5.11 Å². The van der Waals surface area contributed by atoms with Crippen LogP contribution >= 0.6 is 27.5 Å². The molecule has 3 nitrogen and oxygen atoms in total. The molecule has 1 aromatic heterocycles. The van der Waals surface area contributed by atoms with Crippen LogP contribution in [-0.4, -0.2) is 14.9 Å². The van der Waals surface area contributed by atoms with Crippen LogP contribution in [0.4, 0.5) is 0 Å². The second-order valence-corrected chi connectivity index (χ2v) is 5.69. The van der Waals surface area contributed by atoms with E-state index in [1.165, 1.54) is 0 Å². The van der Waals surface area contributed by atoms with E-state index in [1.54, 1.807) is 4.68 Å². The van der Waals surface area contributed by atoms with E-state index < -0.39 is 0 Å². The van der Waals surface area contributed by atoms with E-state index in [0.29, 0.717) is 11.7 Å². The van der Waals surface area contributed by atoms with Gasteiger partial charge in [-0.3, -0.25) is 0 Å². The van der Waals surface area contributed by atoms with Crippen molar-refractivity contribution in [3.63, 3.8) is 0 Å². The first-order valence-corrected chi connectivity index (χ1v) is 7.42. The molecule has 0 aliphatic heterocycles. The number of aliphatic hydroxyl groups is 1. The van der Waals surface area contributed by atoms with Gasteiger partial charge in [0.1, 0.15) is 5.15 Å². The number of aromatic nitrogens is 2. The van der Waals surface area contributed by atoms with Crippen molar-refractivity contribution < 1.29 is 5.11 Å². The van der Waals surface area contributed by atoms with E-state index in [2.05, 4.69) is 28.0 Å². The molecular weight excluding hydrogens is 328 g/mol. The maximum absolute atomic E-state index is 9.40. The predicted octanol–water partition coefficient (Wildman–Crippen LogP) is 3.79. The zero-order valence-electron chi connectivity index (χ0n) is 10.7. The van der Waals surface area contributed by atoms with Crippen molar-refractivity contribution in [1.82, 2.24) is 9.78 Å².